The van der Waals surface area contributed by atoms with E-state index >= 15 is 0 Å². The van der Waals surface area contributed by atoms with E-state index in [1.54, 1.807) is 6.92 Å². The number of urea groups is 2. The van der Waals surface area contributed by atoms with Crippen LogP contribution in [0.15, 0.2) is 12.7 Å². The maximum Gasteiger partial charge on any atom is 0.407 e. The molecule has 0 aliphatic carbocycles. The van der Waals surface area contributed by atoms with E-state index in [1.165, 1.54) is 12.7 Å². The summed E-state index contributed by atoms with van der Waals surface area (Å²) in [6.45, 7) is 5.30. The van der Waals surface area contributed by atoms with Crippen molar-refractivity contribution < 1.29 is 33.8 Å². The van der Waals surface area contributed by atoms with E-state index in [0.717, 1.165) is 57.8 Å². The molecule has 0 saturated heterocycles. The molecule has 9 N–H and O–H groups in total. The van der Waals surface area contributed by atoms with E-state index in [4.69, 9.17) is 9.47 Å². The number of nitrogens with zero attached hydrogens (tertiary/aromatic N) is 4. The lowest BCUT2D eigenvalue weighted by atomic mass is 9.92. The number of H-pyrrole nitrogens is 2. The third kappa shape index (κ3) is 19.7. The van der Waals surface area contributed by atoms with Gasteiger partial charge in [0.2, 0.25) is 11.9 Å². The Morgan fingerprint density at radius 1 is 0.750 bits per heavy atom. The van der Waals surface area contributed by atoms with Crippen molar-refractivity contribution in [3.8, 4) is 0 Å². The van der Waals surface area contributed by atoms with Gasteiger partial charge in [-0.3, -0.25) is 20.8 Å². The van der Waals surface area contributed by atoms with Crippen LogP contribution in [0.2, 0.25) is 0 Å². The second-order valence-electron chi connectivity index (χ2n) is 11.5. The van der Waals surface area contributed by atoms with Crippen LogP contribution < -0.4 is 31.9 Å². The zero-order valence-electron chi connectivity index (χ0n) is 27.9. The summed E-state index contributed by atoms with van der Waals surface area (Å²) in [6.07, 6.45) is 9.34. The van der Waals surface area contributed by atoms with Crippen LogP contribution in [0, 0.1) is 0 Å². The van der Waals surface area contributed by atoms with E-state index in [0.29, 0.717) is 39.0 Å². The molecule has 0 aromatic carbocycles. The molecule has 48 heavy (non-hydrogen) atoms. The lowest BCUT2D eigenvalue weighted by Gasteiger charge is -2.28. The van der Waals surface area contributed by atoms with Crippen molar-refractivity contribution >= 4 is 36.1 Å². The van der Waals surface area contributed by atoms with E-state index in [-0.39, 0.29) is 37.0 Å². The Hall–Kier alpha value is -4.68. The van der Waals surface area contributed by atoms with Gasteiger partial charge in [-0.15, -0.1) is 10.2 Å². The number of hydrogen-bond acceptors (Lipinski definition) is 11. The van der Waals surface area contributed by atoms with E-state index in [9.17, 15) is 24.3 Å². The lowest BCUT2D eigenvalue weighted by molar-refractivity contribution is -0.0301. The van der Waals surface area contributed by atoms with Crippen molar-refractivity contribution in [2.75, 3.05) is 43.4 Å². The fraction of sp³-hybridized carbons (Fsp3) is 0.724. The van der Waals surface area contributed by atoms with Crippen LogP contribution in [0.3, 0.4) is 0 Å². The second-order valence-corrected chi connectivity index (χ2v) is 11.5. The fourth-order valence-corrected chi connectivity index (χ4v) is 4.52. The molecule has 6 amide bonds. The Morgan fingerprint density at radius 2 is 1.23 bits per heavy atom. The molecule has 2 aromatic heterocycles. The average molecular weight is 681 g/mol. The van der Waals surface area contributed by atoms with Crippen molar-refractivity contribution in [3.63, 3.8) is 0 Å². The third-order valence-electron chi connectivity index (χ3n) is 7.01. The average Bonchev–Trinajstić information content (AvgIpc) is 3.76. The number of anilines is 2. The maximum atomic E-state index is 12.5. The van der Waals surface area contributed by atoms with Crippen molar-refractivity contribution in [3.05, 3.63) is 12.7 Å². The lowest BCUT2D eigenvalue weighted by Crippen LogP contribution is -2.39. The van der Waals surface area contributed by atoms with Gasteiger partial charge in [0.05, 0.1) is 5.60 Å². The fourth-order valence-electron chi connectivity index (χ4n) is 4.52. The van der Waals surface area contributed by atoms with Gasteiger partial charge in [-0.2, -0.15) is 0 Å². The number of ether oxygens (including phenoxy) is 2. The number of nitrogens with one attached hydrogen (secondary N) is 8. The van der Waals surface area contributed by atoms with Crippen molar-refractivity contribution in [1.82, 2.24) is 51.6 Å². The first-order valence-electron chi connectivity index (χ1n) is 16.6. The van der Waals surface area contributed by atoms with Crippen LogP contribution in [-0.2, 0) is 9.47 Å². The summed E-state index contributed by atoms with van der Waals surface area (Å²) in [5.41, 5.74) is -1.09. The Morgan fingerprint density at radius 3 is 1.69 bits per heavy atom. The van der Waals surface area contributed by atoms with Gasteiger partial charge in [0.1, 0.15) is 25.4 Å². The summed E-state index contributed by atoms with van der Waals surface area (Å²) in [5, 5.41) is 39.2. The molecular formula is C29H52N12O7. The molecule has 0 aliphatic heterocycles. The number of carbonyl (C=O) groups excluding carboxylic acids is 4. The number of aliphatic hydroxyl groups is 1. The molecule has 0 fully saturated rings. The van der Waals surface area contributed by atoms with Crippen molar-refractivity contribution in [1.29, 1.82) is 0 Å². The third-order valence-corrected chi connectivity index (χ3v) is 7.01. The molecule has 2 atom stereocenters. The zero-order valence-corrected chi connectivity index (χ0v) is 27.9. The van der Waals surface area contributed by atoms with Crippen LogP contribution in [0.5, 0.6) is 0 Å². The molecule has 2 heterocycles. The summed E-state index contributed by atoms with van der Waals surface area (Å²) in [5.74, 6) is 0.400. The summed E-state index contributed by atoms with van der Waals surface area (Å²) in [4.78, 5) is 55.9. The Bertz CT molecular complexity index is 1170. The van der Waals surface area contributed by atoms with Gasteiger partial charge in [-0.05, 0) is 39.0 Å². The topological polar surface area (TPSA) is 262 Å². The molecule has 0 bridgehead atoms. The molecule has 2 aromatic rings. The molecule has 19 nitrogen and oxygen atoms in total. The van der Waals surface area contributed by atoms with Crippen LogP contribution in [-0.4, -0.2) is 104 Å². The first-order valence-corrected chi connectivity index (χ1v) is 16.6. The van der Waals surface area contributed by atoms with E-state index < -0.39 is 23.9 Å². The molecule has 0 saturated carbocycles. The minimum absolute atomic E-state index is 0.120. The van der Waals surface area contributed by atoms with Gasteiger partial charge in [-0.25, -0.2) is 29.1 Å². The Kier molecular flexibility index (Phi) is 19.4. The number of alkyl carbamates (subject to hydrolysis) is 2. The molecular weight excluding hydrogens is 628 g/mol. The first-order chi connectivity index (χ1) is 23.2. The van der Waals surface area contributed by atoms with Gasteiger partial charge in [0, 0.05) is 32.6 Å². The highest BCUT2D eigenvalue weighted by atomic mass is 16.6. The molecule has 0 radical (unpaired) electrons. The number of hydrogen-bond donors (Lipinski definition) is 9. The highest BCUT2D eigenvalue weighted by Gasteiger charge is 2.28. The standard InChI is InChI=1S/C29H52N12O7/c1-3-4-13-29(2,46)18-22(48-28(45)33-17-12-8-6-10-15-31-26(43)39-24-35-21-37-41-24)19-47-27(44)32-16-11-7-5-9-14-30-25(42)38-23-34-20-36-40-23/h20-22,46H,3-19H2,1-2H3,(H,32,44)(H,33,45)(H3,30,34,36,38,40,42)(H3,31,35,37,39,41,43). The monoisotopic (exact) mass is 680 g/mol. The van der Waals surface area contributed by atoms with Gasteiger partial charge >= 0.3 is 24.2 Å². The number of amides is 6. The Labute approximate surface area is 280 Å². The van der Waals surface area contributed by atoms with E-state index in [1.807, 2.05) is 6.92 Å². The van der Waals surface area contributed by atoms with E-state index in [2.05, 4.69) is 62.3 Å². The van der Waals surface area contributed by atoms with Crippen LogP contribution in [0.1, 0.15) is 90.9 Å². The van der Waals surface area contributed by atoms with Crippen LogP contribution in [0.4, 0.5) is 31.1 Å². The first kappa shape index (κ1) is 39.5. The second kappa shape index (κ2) is 23.6. The number of aromatic nitrogens is 6. The minimum Gasteiger partial charge on any atom is -0.446 e. The summed E-state index contributed by atoms with van der Waals surface area (Å²) < 4.78 is 10.9. The van der Waals surface area contributed by atoms with Gasteiger partial charge in [0.15, 0.2) is 0 Å². The molecule has 2 rings (SSSR count). The summed E-state index contributed by atoms with van der Waals surface area (Å²) >= 11 is 0. The van der Waals surface area contributed by atoms with Crippen LogP contribution >= 0.6 is 0 Å². The molecule has 0 spiro atoms. The Balaban J connectivity index is 1.57. The van der Waals surface area contributed by atoms with Crippen molar-refractivity contribution in [2.45, 2.75) is 103 Å². The normalized spacial score (nSPS) is 12.6. The predicted molar refractivity (Wildman–Crippen MR) is 176 cm³/mol. The number of carbonyl (C=O) groups is 4. The molecule has 2 unspecified atom stereocenters. The SMILES string of the molecule is CCCCC(C)(O)CC(COC(=O)NCCCCCCNC(=O)Nc1nc[nH]n1)OC(=O)NCCCCCCNC(=O)Nc1nc[nH]n1. The maximum absolute atomic E-state index is 12.5. The largest absolute Gasteiger partial charge is 0.446 e. The molecule has 270 valence electrons. The molecule has 19 heteroatoms. The predicted octanol–water partition coefficient (Wildman–Crippen LogP) is 3.14. The zero-order chi connectivity index (χ0) is 34.9. The smallest absolute Gasteiger partial charge is 0.407 e. The van der Waals surface area contributed by atoms with Crippen LogP contribution in [0.25, 0.3) is 0 Å². The highest BCUT2D eigenvalue weighted by Crippen LogP contribution is 2.21. The number of unbranched alkanes of at least 4 members (excludes halogenated alkanes) is 7. The molecule has 0 aliphatic rings. The number of rotatable bonds is 24. The minimum atomic E-state index is -1.09. The van der Waals surface area contributed by atoms with Gasteiger partial charge in [0.25, 0.3) is 0 Å². The van der Waals surface area contributed by atoms with Crippen molar-refractivity contribution in [2.24, 2.45) is 0 Å². The van der Waals surface area contributed by atoms with Gasteiger partial charge in [-0.1, -0.05) is 45.4 Å². The summed E-state index contributed by atoms with van der Waals surface area (Å²) in [7, 11) is 0. The summed E-state index contributed by atoms with van der Waals surface area (Å²) in [6, 6.07) is -0.760. The van der Waals surface area contributed by atoms with Gasteiger partial charge < -0.3 is 35.8 Å². The quantitative estimate of drug-likeness (QED) is 0.0727. The number of aromatic amines is 2. The highest BCUT2D eigenvalue weighted by molar-refractivity contribution is 5.87.